The van der Waals surface area contributed by atoms with Crippen molar-refractivity contribution < 1.29 is 17.9 Å². The van der Waals surface area contributed by atoms with Gasteiger partial charge in [-0.2, -0.15) is 0 Å². The minimum absolute atomic E-state index is 0.140. The maximum absolute atomic E-state index is 12.7. The highest BCUT2D eigenvalue weighted by Crippen LogP contribution is 2.40. The predicted molar refractivity (Wildman–Crippen MR) is 97.8 cm³/mol. The first-order valence-electron chi connectivity index (χ1n) is 7.99. The Morgan fingerprint density at radius 3 is 2.77 bits per heavy atom. The molecule has 140 valence electrons. The van der Waals surface area contributed by atoms with Crippen molar-refractivity contribution in [2.24, 2.45) is 0 Å². The van der Waals surface area contributed by atoms with E-state index >= 15 is 0 Å². The number of aromatic nitrogens is 2. The van der Waals surface area contributed by atoms with E-state index in [-0.39, 0.29) is 15.4 Å². The third-order valence-corrected chi connectivity index (χ3v) is 6.52. The third-order valence-electron chi connectivity index (χ3n) is 3.84. The Morgan fingerprint density at radius 1 is 1.35 bits per heavy atom. The zero-order valence-electron chi connectivity index (χ0n) is 14.9. The monoisotopic (exact) mass is 396 g/mol. The van der Waals surface area contributed by atoms with Gasteiger partial charge in [0.25, 0.3) is 10.0 Å². The second-order valence-electron chi connectivity index (χ2n) is 6.84. The summed E-state index contributed by atoms with van der Waals surface area (Å²) in [4.78, 5) is 11.1. The maximum Gasteiger partial charge on any atom is 0.270 e. The summed E-state index contributed by atoms with van der Waals surface area (Å²) in [6.45, 7) is 7.08. The molecule has 3 rings (SSSR count). The van der Waals surface area contributed by atoms with Crippen LogP contribution in [0, 0.1) is 6.92 Å². The normalized spacial score (nSPS) is 18.7. The Morgan fingerprint density at radius 2 is 2.08 bits per heavy atom. The van der Waals surface area contributed by atoms with Gasteiger partial charge in [0, 0.05) is 18.9 Å². The summed E-state index contributed by atoms with van der Waals surface area (Å²) in [6, 6.07) is 5.25. The number of anilines is 1. The fourth-order valence-electron chi connectivity index (χ4n) is 2.84. The molecule has 2 N–H and O–H groups in total. The molecule has 1 aromatic carbocycles. The van der Waals surface area contributed by atoms with Gasteiger partial charge in [0.1, 0.15) is 11.4 Å². The topological polar surface area (TPSA) is 110 Å². The molecule has 1 aromatic heterocycles. The Hall–Kier alpha value is -2.04. The quantitative estimate of drug-likeness (QED) is 0.768. The number of fused-ring (bicyclic) bond motifs is 1. The Bertz CT molecular complexity index is 953. The number of nitrogens with zero attached hydrogens (tertiary/aromatic N) is 2. The lowest BCUT2D eigenvalue weighted by atomic mass is 9.89. The number of hydrogen-bond donors (Lipinski definition) is 2. The highest BCUT2D eigenvalue weighted by molar-refractivity contribution is 7.91. The first-order chi connectivity index (χ1) is 12.1. The van der Waals surface area contributed by atoms with Gasteiger partial charge in [0.05, 0.1) is 6.04 Å². The van der Waals surface area contributed by atoms with Gasteiger partial charge in [-0.25, -0.2) is 13.1 Å². The molecule has 1 atom stereocenters. The van der Waals surface area contributed by atoms with Crippen LogP contribution >= 0.6 is 11.3 Å². The molecule has 0 saturated heterocycles. The molecule has 1 aliphatic rings. The molecule has 0 bridgehead atoms. The fourth-order valence-corrected chi connectivity index (χ4v) is 5.01. The molecule has 0 spiro atoms. The van der Waals surface area contributed by atoms with Crippen LogP contribution in [0.4, 0.5) is 5.13 Å². The van der Waals surface area contributed by atoms with Crippen molar-refractivity contribution >= 4 is 32.4 Å². The van der Waals surface area contributed by atoms with Gasteiger partial charge in [-0.15, -0.1) is 10.2 Å². The number of sulfonamides is 1. The molecule has 10 heteroatoms. The van der Waals surface area contributed by atoms with Crippen LogP contribution in [-0.2, 0) is 14.8 Å². The highest BCUT2D eigenvalue weighted by Gasteiger charge is 2.37. The number of carbonyl (C=O) groups excluding carboxylic acids is 1. The van der Waals surface area contributed by atoms with Crippen molar-refractivity contribution in [3.8, 4) is 5.75 Å². The second-order valence-corrected chi connectivity index (χ2v) is 9.70. The molecule has 1 aliphatic heterocycles. The zero-order chi connectivity index (χ0) is 19.1. The van der Waals surface area contributed by atoms with Crippen LogP contribution in [0.2, 0.25) is 0 Å². The molecule has 0 fully saturated rings. The molecule has 26 heavy (non-hydrogen) atoms. The summed E-state index contributed by atoms with van der Waals surface area (Å²) < 4.78 is 34.0. The van der Waals surface area contributed by atoms with Gasteiger partial charge in [-0.3, -0.25) is 4.79 Å². The number of amides is 1. The van der Waals surface area contributed by atoms with Crippen molar-refractivity contribution in [2.45, 2.75) is 50.1 Å². The number of benzene rings is 1. The number of aryl methyl sites for hydroxylation is 1. The largest absolute Gasteiger partial charge is 0.487 e. The van der Waals surface area contributed by atoms with Gasteiger partial charge in [-0.05, 0) is 26.8 Å². The average molecular weight is 396 g/mol. The molecule has 0 aliphatic carbocycles. The Balaban J connectivity index is 1.91. The van der Waals surface area contributed by atoms with Crippen LogP contribution in [-0.4, -0.2) is 30.1 Å². The molecule has 0 unspecified atom stereocenters. The van der Waals surface area contributed by atoms with E-state index in [0.29, 0.717) is 12.2 Å². The van der Waals surface area contributed by atoms with Gasteiger partial charge in [0.15, 0.2) is 0 Å². The van der Waals surface area contributed by atoms with Crippen LogP contribution < -0.4 is 14.8 Å². The van der Waals surface area contributed by atoms with Crippen LogP contribution in [0.5, 0.6) is 5.75 Å². The fraction of sp³-hybridized carbons (Fsp3) is 0.438. The van der Waals surface area contributed by atoms with E-state index in [9.17, 15) is 13.2 Å². The first-order valence-corrected chi connectivity index (χ1v) is 10.3. The van der Waals surface area contributed by atoms with Crippen LogP contribution in [0.25, 0.3) is 0 Å². The summed E-state index contributed by atoms with van der Waals surface area (Å²) in [6.07, 6.45) is 0.472. The van der Waals surface area contributed by atoms with Crippen LogP contribution in [0.15, 0.2) is 22.5 Å². The zero-order valence-corrected chi connectivity index (χ0v) is 16.5. The molecule has 2 aromatic rings. The van der Waals surface area contributed by atoms with E-state index < -0.39 is 21.7 Å². The predicted octanol–water partition coefficient (Wildman–Crippen LogP) is 2.39. The van der Waals surface area contributed by atoms with E-state index in [4.69, 9.17) is 4.74 Å². The van der Waals surface area contributed by atoms with Crippen LogP contribution in [0.1, 0.15) is 44.4 Å². The molecule has 8 nitrogen and oxygen atoms in total. The van der Waals surface area contributed by atoms with Crippen molar-refractivity contribution in [1.29, 1.82) is 0 Å². The number of ether oxygens (including phenoxy) is 1. The lowest BCUT2D eigenvalue weighted by molar-refractivity contribution is -0.114. The number of rotatable bonds is 4. The second kappa shape index (κ2) is 6.60. The summed E-state index contributed by atoms with van der Waals surface area (Å²) in [5.41, 5.74) is 1.29. The van der Waals surface area contributed by atoms with Crippen LogP contribution in [0.3, 0.4) is 0 Å². The first kappa shape index (κ1) is 18.7. The minimum Gasteiger partial charge on any atom is -0.487 e. The third kappa shape index (κ3) is 4.02. The van der Waals surface area contributed by atoms with Gasteiger partial charge >= 0.3 is 0 Å². The lowest BCUT2D eigenvalue weighted by Crippen LogP contribution is -2.41. The van der Waals surface area contributed by atoms with Crippen molar-refractivity contribution in [3.05, 3.63) is 29.3 Å². The SMILES string of the molecule is CC(=O)Nc1nnc(S(=O)(=O)N[C@H]2CC(C)(C)Oc3ccc(C)cc32)s1. The summed E-state index contributed by atoms with van der Waals surface area (Å²) in [5.74, 6) is 0.324. The van der Waals surface area contributed by atoms with E-state index in [1.807, 2.05) is 39.0 Å². The van der Waals surface area contributed by atoms with Gasteiger partial charge < -0.3 is 10.1 Å². The van der Waals surface area contributed by atoms with Crippen molar-refractivity contribution in [3.63, 3.8) is 0 Å². The summed E-state index contributed by atoms with van der Waals surface area (Å²) in [5, 5.41) is 9.95. The smallest absolute Gasteiger partial charge is 0.270 e. The van der Waals surface area contributed by atoms with E-state index in [2.05, 4.69) is 20.2 Å². The molecule has 2 heterocycles. The van der Waals surface area contributed by atoms with Gasteiger partial charge in [0.2, 0.25) is 15.4 Å². The van der Waals surface area contributed by atoms with E-state index in [1.54, 1.807) is 0 Å². The van der Waals surface area contributed by atoms with E-state index in [1.165, 1.54) is 6.92 Å². The number of nitrogens with one attached hydrogen (secondary N) is 2. The van der Waals surface area contributed by atoms with Crippen molar-refractivity contribution in [1.82, 2.24) is 14.9 Å². The number of hydrogen-bond acceptors (Lipinski definition) is 7. The Kier molecular flexibility index (Phi) is 4.76. The molecular weight excluding hydrogens is 376 g/mol. The standard InChI is InChI=1S/C16H20N4O4S2/c1-9-5-6-13-11(7-9)12(8-16(3,4)24-13)20-26(22,23)15-19-18-14(25-15)17-10(2)21/h5-7,12,20H,8H2,1-4H3,(H,17,18,21)/t12-/m0/s1. The van der Waals surface area contributed by atoms with Crippen molar-refractivity contribution in [2.75, 3.05) is 5.32 Å². The molecule has 0 radical (unpaired) electrons. The Labute approximate surface area is 156 Å². The summed E-state index contributed by atoms with van der Waals surface area (Å²) in [7, 11) is -3.89. The summed E-state index contributed by atoms with van der Waals surface area (Å²) >= 11 is 0.805. The maximum atomic E-state index is 12.7. The minimum atomic E-state index is -3.89. The van der Waals surface area contributed by atoms with Gasteiger partial charge in [-0.1, -0.05) is 29.0 Å². The highest BCUT2D eigenvalue weighted by atomic mass is 32.2. The lowest BCUT2D eigenvalue weighted by Gasteiger charge is -2.37. The number of carbonyl (C=O) groups is 1. The molecule has 0 saturated carbocycles. The van der Waals surface area contributed by atoms with E-state index in [0.717, 1.165) is 22.5 Å². The molecule has 1 amide bonds. The average Bonchev–Trinajstić information content (AvgIpc) is 2.95. The molecular formula is C16H20N4O4S2.